The summed E-state index contributed by atoms with van der Waals surface area (Å²) in [7, 11) is 1.69. The molecule has 1 fully saturated rings. The van der Waals surface area contributed by atoms with Crippen LogP contribution >= 0.6 is 0 Å². The summed E-state index contributed by atoms with van der Waals surface area (Å²) in [6.07, 6.45) is 0. The van der Waals surface area contributed by atoms with E-state index in [2.05, 4.69) is 33.8 Å². The second kappa shape index (κ2) is 3.49. The van der Waals surface area contributed by atoms with Crippen molar-refractivity contribution in [3.63, 3.8) is 0 Å². The molecule has 2 rings (SSSR count). The van der Waals surface area contributed by atoms with Crippen molar-refractivity contribution < 1.29 is 9.84 Å². The van der Waals surface area contributed by atoms with Gasteiger partial charge in [-0.05, 0) is 16.9 Å². The van der Waals surface area contributed by atoms with Crippen LogP contribution in [0.3, 0.4) is 0 Å². The molecule has 0 aliphatic heterocycles. The third-order valence-electron chi connectivity index (χ3n) is 5.44. The number of ether oxygens (including phenoxy) is 1. The van der Waals surface area contributed by atoms with E-state index < -0.39 is 0 Å². The van der Waals surface area contributed by atoms with E-state index >= 15 is 0 Å². The Kier molecular flexibility index (Phi) is 2.55. The lowest BCUT2D eigenvalue weighted by Crippen LogP contribution is -2.22. The predicted molar refractivity (Wildman–Crippen MR) is 69.3 cm³/mol. The van der Waals surface area contributed by atoms with Crippen molar-refractivity contribution in [1.29, 1.82) is 0 Å². The molecule has 0 bridgehead atoms. The number of para-hydroxylation sites is 1. The molecule has 2 heteroatoms. The lowest BCUT2D eigenvalue weighted by atomic mass is 9.86. The highest BCUT2D eigenvalue weighted by Crippen LogP contribution is 2.78. The Balaban J connectivity index is 2.60. The molecule has 94 valence electrons. The normalized spacial score (nSPS) is 23.2. The van der Waals surface area contributed by atoms with E-state index in [1.54, 1.807) is 7.11 Å². The number of hydrogen-bond donors (Lipinski definition) is 1. The Labute approximate surface area is 104 Å². The van der Waals surface area contributed by atoms with Gasteiger partial charge in [0.2, 0.25) is 0 Å². The lowest BCUT2D eigenvalue weighted by molar-refractivity contribution is 0.218. The first kappa shape index (κ1) is 12.4. The second-order valence-corrected chi connectivity index (χ2v) is 6.01. The smallest absolute Gasteiger partial charge is 0.122 e. The van der Waals surface area contributed by atoms with Crippen LogP contribution in [0, 0.1) is 10.8 Å². The molecule has 0 radical (unpaired) electrons. The summed E-state index contributed by atoms with van der Waals surface area (Å²) >= 11 is 0. The zero-order chi connectivity index (χ0) is 12.9. The maximum absolute atomic E-state index is 9.95. The van der Waals surface area contributed by atoms with Gasteiger partial charge in [0, 0.05) is 11.0 Å². The average molecular weight is 234 g/mol. The monoisotopic (exact) mass is 234 g/mol. The molecule has 0 saturated heterocycles. The van der Waals surface area contributed by atoms with Crippen LogP contribution in [0.15, 0.2) is 24.3 Å². The highest BCUT2D eigenvalue weighted by atomic mass is 16.5. The van der Waals surface area contributed by atoms with Crippen LogP contribution in [0.4, 0.5) is 0 Å². The largest absolute Gasteiger partial charge is 0.496 e. The highest BCUT2D eigenvalue weighted by molar-refractivity contribution is 5.51. The Morgan fingerprint density at radius 3 is 2.00 bits per heavy atom. The third-order valence-corrected chi connectivity index (χ3v) is 5.44. The first-order chi connectivity index (χ1) is 7.86. The fraction of sp³-hybridized carbons (Fsp3) is 0.600. The van der Waals surface area contributed by atoms with E-state index in [4.69, 9.17) is 4.74 Å². The molecule has 1 N–H and O–H groups in total. The molecule has 0 atom stereocenters. The molecule has 2 nitrogen and oxygen atoms in total. The van der Waals surface area contributed by atoms with Crippen LogP contribution < -0.4 is 4.74 Å². The van der Waals surface area contributed by atoms with Crippen LogP contribution in [0.1, 0.15) is 33.3 Å². The maximum Gasteiger partial charge on any atom is 0.122 e. The van der Waals surface area contributed by atoms with E-state index in [9.17, 15) is 5.11 Å². The molecular formula is C15H22O2. The molecule has 0 aromatic heterocycles. The number of benzene rings is 1. The van der Waals surface area contributed by atoms with Gasteiger partial charge in [0.15, 0.2) is 0 Å². The molecular weight excluding hydrogens is 212 g/mol. The number of aliphatic hydroxyl groups excluding tert-OH is 1. The summed E-state index contributed by atoms with van der Waals surface area (Å²) in [6, 6.07) is 8.03. The Bertz CT molecular complexity index is 418. The van der Waals surface area contributed by atoms with E-state index in [-0.39, 0.29) is 22.9 Å². The van der Waals surface area contributed by atoms with Crippen molar-refractivity contribution in [3.05, 3.63) is 29.8 Å². The summed E-state index contributed by atoms with van der Waals surface area (Å²) in [5.74, 6) is 0.875. The molecule has 17 heavy (non-hydrogen) atoms. The van der Waals surface area contributed by atoms with Gasteiger partial charge < -0.3 is 9.84 Å². The maximum atomic E-state index is 9.95. The van der Waals surface area contributed by atoms with Gasteiger partial charge in [0.25, 0.3) is 0 Å². The predicted octanol–water partition coefficient (Wildman–Crippen LogP) is 2.99. The van der Waals surface area contributed by atoms with Gasteiger partial charge in [-0.2, -0.15) is 0 Å². The first-order valence-electron chi connectivity index (χ1n) is 6.11. The number of aliphatic hydroxyl groups is 1. The standard InChI is InChI=1S/C15H22O2/c1-13(2)14(3,4)15(13,10-16)11-8-6-7-9-12(11)17-5/h6-9,16H,10H2,1-5H3. The van der Waals surface area contributed by atoms with Crippen LogP contribution in [0.25, 0.3) is 0 Å². The average Bonchev–Trinajstić information content (AvgIpc) is 2.65. The van der Waals surface area contributed by atoms with Crippen molar-refractivity contribution in [3.8, 4) is 5.75 Å². The number of rotatable bonds is 3. The number of hydrogen-bond acceptors (Lipinski definition) is 2. The Morgan fingerprint density at radius 2 is 1.59 bits per heavy atom. The minimum absolute atomic E-state index is 0.0728. The summed E-state index contributed by atoms with van der Waals surface area (Å²) in [6.45, 7) is 9.03. The summed E-state index contributed by atoms with van der Waals surface area (Å²) in [5, 5.41) is 9.95. The summed E-state index contributed by atoms with van der Waals surface area (Å²) < 4.78 is 5.45. The van der Waals surface area contributed by atoms with E-state index in [1.165, 1.54) is 0 Å². The van der Waals surface area contributed by atoms with Gasteiger partial charge in [-0.15, -0.1) is 0 Å². The molecule has 0 spiro atoms. The van der Waals surface area contributed by atoms with E-state index in [0.29, 0.717) is 0 Å². The van der Waals surface area contributed by atoms with Gasteiger partial charge >= 0.3 is 0 Å². The topological polar surface area (TPSA) is 29.5 Å². The van der Waals surface area contributed by atoms with Crippen LogP contribution in [0.5, 0.6) is 5.75 Å². The Morgan fingerprint density at radius 1 is 1.06 bits per heavy atom. The van der Waals surface area contributed by atoms with Gasteiger partial charge in [-0.3, -0.25) is 0 Å². The molecule has 1 aromatic carbocycles. The lowest BCUT2D eigenvalue weighted by Gasteiger charge is -2.22. The van der Waals surface area contributed by atoms with Gasteiger partial charge in [0.1, 0.15) is 5.75 Å². The van der Waals surface area contributed by atoms with Crippen LogP contribution in [-0.4, -0.2) is 18.8 Å². The fourth-order valence-electron chi connectivity index (χ4n) is 3.58. The van der Waals surface area contributed by atoms with Gasteiger partial charge in [0.05, 0.1) is 13.7 Å². The van der Waals surface area contributed by atoms with Crippen LogP contribution in [0.2, 0.25) is 0 Å². The summed E-state index contributed by atoms with van der Waals surface area (Å²) in [5.41, 5.74) is 1.07. The molecule has 0 amide bonds. The third kappa shape index (κ3) is 1.19. The minimum Gasteiger partial charge on any atom is -0.496 e. The zero-order valence-electron chi connectivity index (χ0n) is 11.4. The summed E-state index contributed by atoms with van der Waals surface area (Å²) in [4.78, 5) is 0. The fourth-order valence-corrected chi connectivity index (χ4v) is 3.58. The second-order valence-electron chi connectivity index (χ2n) is 6.01. The highest BCUT2D eigenvalue weighted by Gasteiger charge is 2.77. The van der Waals surface area contributed by atoms with E-state index in [1.807, 2.05) is 18.2 Å². The Hall–Kier alpha value is -1.02. The van der Waals surface area contributed by atoms with Crippen molar-refractivity contribution in [2.75, 3.05) is 13.7 Å². The van der Waals surface area contributed by atoms with Crippen molar-refractivity contribution in [1.82, 2.24) is 0 Å². The van der Waals surface area contributed by atoms with E-state index in [0.717, 1.165) is 11.3 Å². The molecule has 1 saturated carbocycles. The zero-order valence-corrected chi connectivity index (χ0v) is 11.4. The molecule has 1 aromatic rings. The SMILES string of the molecule is COc1ccccc1C1(CO)C(C)(C)C1(C)C. The van der Waals surface area contributed by atoms with Crippen molar-refractivity contribution in [2.24, 2.45) is 10.8 Å². The first-order valence-corrected chi connectivity index (χ1v) is 6.11. The molecule has 1 aliphatic rings. The molecule has 1 aliphatic carbocycles. The molecule has 0 unspecified atom stereocenters. The number of methoxy groups -OCH3 is 1. The van der Waals surface area contributed by atoms with Gasteiger partial charge in [-0.25, -0.2) is 0 Å². The van der Waals surface area contributed by atoms with Crippen LogP contribution in [-0.2, 0) is 5.41 Å². The van der Waals surface area contributed by atoms with Gasteiger partial charge in [-0.1, -0.05) is 45.9 Å². The van der Waals surface area contributed by atoms with Crippen molar-refractivity contribution >= 4 is 0 Å². The van der Waals surface area contributed by atoms with Crippen molar-refractivity contribution in [2.45, 2.75) is 33.1 Å². The quantitative estimate of drug-likeness (QED) is 0.871. The molecule has 0 heterocycles. The minimum atomic E-state index is -0.202.